The van der Waals surface area contributed by atoms with Crippen LogP contribution in [0.2, 0.25) is 0 Å². The third-order valence-electron chi connectivity index (χ3n) is 4.09. The molecule has 0 saturated carbocycles. The Labute approximate surface area is 129 Å². The molecule has 1 aromatic carbocycles. The SMILES string of the molecule is CC(C)C1=C2[C@H](CCN2C(=O)OCc2ccccc2)NC1=O. The zero-order valence-electron chi connectivity index (χ0n) is 12.8. The van der Waals surface area contributed by atoms with E-state index < -0.39 is 0 Å². The van der Waals surface area contributed by atoms with Gasteiger partial charge in [-0.15, -0.1) is 0 Å². The minimum absolute atomic E-state index is 0.0471. The summed E-state index contributed by atoms with van der Waals surface area (Å²) < 4.78 is 5.40. The molecule has 0 aromatic heterocycles. The van der Waals surface area contributed by atoms with E-state index in [4.69, 9.17) is 4.74 Å². The molecule has 0 spiro atoms. The number of carbonyl (C=O) groups excluding carboxylic acids is 2. The Morgan fingerprint density at radius 2 is 2.09 bits per heavy atom. The van der Waals surface area contributed by atoms with E-state index in [0.717, 1.165) is 17.7 Å². The molecule has 1 atom stereocenters. The van der Waals surface area contributed by atoms with Gasteiger partial charge in [0.15, 0.2) is 0 Å². The Hall–Kier alpha value is -2.30. The predicted octanol–water partition coefficient (Wildman–Crippen LogP) is 2.44. The van der Waals surface area contributed by atoms with Gasteiger partial charge in [0, 0.05) is 12.1 Å². The number of hydrogen-bond donors (Lipinski definition) is 1. The summed E-state index contributed by atoms with van der Waals surface area (Å²) in [6.45, 7) is 4.77. The zero-order chi connectivity index (χ0) is 15.7. The van der Waals surface area contributed by atoms with Crippen molar-refractivity contribution in [2.24, 2.45) is 5.92 Å². The minimum Gasteiger partial charge on any atom is -0.444 e. The first-order valence-electron chi connectivity index (χ1n) is 7.61. The van der Waals surface area contributed by atoms with E-state index in [1.807, 2.05) is 44.2 Å². The molecule has 1 N–H and O–H groups in total. The topological polar surface area (TPSA) is 58.6 Å². The van der Waals surface area contributed by atoms with E-state index in [-0.39, 0.29) is 30.6 Å². The van der Waals surface area contributed by atoms with Gasteiger partial charge in [-0.05, 0) is 17.9 Å². The standard InChI is InChI=1S/C17H20N2O3/c1-11(2)14-15-13(18-16(14)20)8-9-19(15)17(21)22-10-12-6-4-3-5-7-12/h3-7,11,13H,8-10H2,1-2H3,(H,18,20)/t13-/m0/s1. The van der Waals surface area contributed by atoms with Gasteiger partial charge in [0.2, 0.25) is 5.91 Å². The molecule has 116 valence electrons. The van der Waals surface area contributed by atoms with Gasteiger partial charge in [-0.3, -0.25) is 9.69 Å². The second-order valence-corrected chi connectivity index (χ2v) is 5.96. The smallest absolute Gasteiger partial charge is 0.414 e. The number of hydrogen-bond acceptors (Lipinski definition) is 3. The second kappa shape index (κ2) is 5.83. The molecule has 5 heteroatoms. The fourth-order valence-electron chi connectivity index (χ4n) is 3.07. The maximum Gasteiger partial charge on any atom is 0.414 e. The highest BCUT2D eigenvalue weighted by Crippen LogP contribution is 2.33. The van der Waals surface area contributed by atoms with Crippen LogP contribution in [0, 0.1) is 5.92 Å². The van der Waals surface area contributed by atoms with Crippen LogP contribution in [0.1, 0.15) is 25.8 Å². The average Bonchev–Trinajstić information content (AvgIpc) is 3.03. The van der Waals surface area contributed by atoms with Gasteiger partial charge in [0.1, 0.15) is 6.61 Å². The molecule has 0 radical (unpaired) electrons. The summed E-state index contributed by atoms with van der Waals surface area (Å²) in [7, 11) is 0. The molecule has 0 unspecified atom stereocenters. The van der Waals surface area contributed by atoms with Crippen LogP contribution in [-0.2, 0) is 16.1 Å². The number of nitrogens with zero attached hydrogens (tertiary/aromatic N) is 1. The number of amides is 2. The quantitative estimate of drug-likeness (QED) is 0.932. The highest BCUT2D eigenvalue weighted by molar-refractivity contribution is 5.99. The fourth-order valence-corrected chi connectivity index (χ4v) is 3.07. The first kappa shape index (κ1) is 14.6. The first-order valence-corrected chi connectivity index (χ1v) is 7.61. The lowest BCUT2D eigenvalue weighted by atomic mass is 10.0. The van der Waals surface area contributed by atoms with E-state index in [0.29, 0.717) is 12.1 Å². The lowest BCUT2D eigenvalue weighted by Gasteiger charge is -2.19. The van der Waals surface area contributed by atoms with E-state index in [1.54, 1.807) is 4.90 Å². The molecule has 0 aliphatic carbocycles. The van der Waals surface area contributed by atoms with Crippen molar-refractivity contribution in [1.82, 2.24) is 10.2 Å². The van der Waals surface area contributed by atoms with Crippen LogP contribution in [0.15, 0.2) is 41.6 Å². The molecule has 2 amide bonds. The average molecular weight is 300 g/mol. The van der Waals surface area contributed by atoms with Gasteiger partial charge in [0.25, 0.3) is 0 Å². The van der Waals surface area contributed by atoms with Gasteiger partial charge in [-0.2, -0.15) is 0 Å². The molecular weight excluding hydrogens is 280 g/mol. The third-order valence-corrected chi connectivity index (χ3v) is 4.09. The number of benzene rings is 1. The Morgan fingerprint density at radius 1 is 1.36 bits per heavy atom. The highest BCUT2D eigenvalue weighted by atomic mass is 16.6. The molecule has 2 aliphatic heterocycles. The predicted molar refractivity (Wildman–Crippen MR) is 81.7 cm³/mol. The molecule has 1 fully saturated rings. The van der Waals surface area contributed by atoms with Crippen LogP contribution in [-0.4, -0.2) is 29.5 Å². The van der Waals surface area contributed by atoms with Crippen molar-refractivity contribution >= 4 is 12.0 Å². The Bertz CT molecular complexity index is 622. The number of carbonyl (C=O) groups is 2. The number of likely N-dealkylation sites (tertiary alicyclic amines) is 1. The summed E-state index contributed by atoms with van der Waals surface area (Å²) in [6.07, 6.45) is 0.369. The molecule has 1 saturated heterocycles. The van der Waals surface area contributed by atoms with Gasteiger partial charge < -0.3 is 10.1 Å². The minimum atomic E-state index is -0.379. The summed E-state index contributed by atoms with van der Waals surface area (Å²) in [5, 5.41) is 2.94. The molecule has 2 aliphatic rings. The number of ether oxygens (including phenoxy) is 1. The lowest BCUT2D eigenvalue weighted by molar-refractivity contribution is -0.117. The van der Waals surface area contributed by atoms with Crippen molar-refractivity contribution < 1.29 is 14.3 Å². The van der Waals surface area contributed by atoms with Gasteiger partial charge in [-0.1, -0.05) is 44.2 Å². The van der Waals surface area contributed by atoms with Crippen LogP contribution in [0.4, 0.5) is 4.79 Å². The van der Waals surface area contributed by atoms with Crippen LogP contribution >= 0.6 is 0 Å². The number of fused-ring (bicyclic) bond motifs is 1. The van der Waals surface area contributed by atoms with Crippen molar-refractivity contribution in [3.63, 3.8) is 0 Å². The summed E-state index contributed by atoms with van der Waals surface area (Å²) in [4.78, 5) is 26.0. The monoisotopic (exact) mass is 300 g/mol. The molecular formula is C17H20N2O3. The van der Waals surface area contributed by atoms with Gasteiger partial charge in [0.05, 0.1) is 11.7 Å². The van der Waals surface area contributed by atoms with E-state index in [9.17, 15) is 9.59 Å². The maximum atomic E-state index is 12.4. The van der Waals surface area contributed by atoms with E-state index >= 15 is 0 Å². The summed E-state index contributed by atoms with van der Waals surface area (Å²) in [6, 6.07) is 9.53. The van der Waals surface area contributed by atoms with E-state index in [2.05, 4.69) is 5.32 Å². The summed E-state index contributed by atoms with van der Waals surface area (Å²) >= 11 is 0. The molecule has 0 bridgehead atoms. The van der Waals surface area contributed by atoms with Crippen molar-refractivity contribution in [3.8, 4) is 0 Å². The van der Waals surface area contributed by atoms with Crippen LogP contribution < -0.4 is 5.32 Å². The van der Waals surface area contributed by atoms with Crippen molar-refractivity contribution in [1.29, 1.82) is 0 Å². The van der Waals surface area contributed by atoms with Crippen LogP contribution in [0.3, 0.4) is 0 Å². The maximum absolute atomic E-state index is 12.4. The summed E-state index contributed by atoms with van der Waals surface area (Å²) in [5.74, 6) is 0.0260. The van der Waals surface area contributed by atoms with Crippen LogP contribution in [0.5, 0.6) is 0 Å². The van der Waals surface area contributed by atoms with Crippen molar-refractivity contribution in [2.45, 2.75) is 32.9 Å². The van der Waals surface area contributed by atoms with Crippen molar-refractivity contribution in [3.05, 3.63) is 47.2 Å². The number of nitrogens with one attached hydrogen (secondary N) is 1. The van der Waals surface area contributed by atoms with E-state index in [1.165, 1.54) is 0 Å². The Balaban J connectivity index is 1.74. The van der Waals surface area contributed by atoms with Gasteiger partial charge >= 0.3 is 6.09 Å². The zero-order valence-corrected chi connectivity index (χ0v) is 12.8. The Kier molecular flexibility index (Phi) is 3.88. The highest BCUT2D eigenvalue weighted by Gasteiger charge is 2.43. The van der Waals surface area contributed by atoms with Crippen LogP contribution in [0.25, 0.3) is 0 Å². The van der Waals surface area contributed by atoms with Gasteiger partial charge in [-0.25, -0.2) is 4.79 Å². The first-order chi connectivity index (χ1) is 10.6. The summed E-state index contributed by atoms with van der Waals surface area (Å²) in [5.41, 5.74) is 2.46. The third kappa shape index (κ3) is 2.58. The van der Waals surface area contributed by atoms with Crippen molar-refractivity contribution in [2.75, 3.05) is 6.54 Å². The molecule has 1 aromatic rings. The lowest BCUT2D eigenvalue weighted by Crippen LogP contribution is -2.29. The largest absolute Gasteiger partial charge is 0.444 e. The molecule has 22 heavy (non-hydrogen) atoms. The second-order valence-electron chi connectivity index (χ2n) is 5.96. The Morgan fingerprint density at radius 3 is 2.77 bits per heavy atom. The molecule has 5 nitrogen and oxygen atoms in total. The number of rotatable bonds is 3. The molecule has 3 rings (SSSR count). The fraction of sp³-hybridized carbons (Fsp3) is 0.412. The molecule has 2 heterocycles. The normalized spacial score (nSPS) is 20.4.